The van der Waals surface area contributed by atoms with E-state index in [4.69, 9.17) is 9.15 Å². The number of nitrogens with one attached hydrogen (secondary N) is 1. The molecule has 0 aliphatic heterocycles. The lowest BCUT2D eigenvalue weighted by Crippen LogP contribution is -2.60. The Bertz CT molecular complexity index is 1060. The predicted octanol–water partition coefficient (Wildman–Crippen LogP) is 4.60. The van der Waals surface area contributed by atoms with Gasteiger partial charge in [0, 0.05) is 10.4 Å². The third-order valence-corrected chi connectivity index (χ3v) is 8.38. The Morgan fingerprint density at radius 1 is 1.00 bits per heavy atom. The maximum Gasteiger partial charge on any atom is 0.373 e. The van der Waals surface area contributed by atoms with Crippen LogP contribution in [0.1, 0.15) is 65.2 Å². The van der Waals surface area contributed by atoms with Gasteiger partial charge in [-0.05, 0) is 80.5 Å². The molecule has 7 nitrogen and oxygen atoms in total. The number of rotatable bonds is 8. The van der Waals surface area contributed by atoms with Crippen molar-refractivity contribution in [2.45, 2.75) is 55.6 Å². The van der Waals surface area contributed by atoms with Crippen LogP contribution < -0.4 is 5.32 Å². The van der Waals surface area contributed by atoms with Crippen LogP contribution in [-0.4, -0.2) is 36.2 Å². The van der Waals surface area contributed by atoms with Gasteiger partial charge in [-0.3, -0.25) is 4.79 Å². The quantitative estimate of drug-likeness (QED) is 0.433. The minimum absolute atomic E-state index is 0.0169. The molecule has 1 N–H and O–H groups in total. The SMILES string of the molecule is COC(=O)c1ccc(COC(=O)c2ccccc2SCC(=O)NC23CC4CC(CC(C4)C2)C3)o1. The predicted molar refractivity (Wildman–Crippen MR) is 125 cm³/mol. The van der Waals surface area contributed by atoms with Crippen molar-refractivity contribution in [2.24, 2.45) is 17.8 Å². The number of ether oxygens (including phenoxy) is 2. The van der Waals surface area contributed by atoms with E-state index in [0.717, 1.165) is 37.0 Å². The van der Waals surface area contributed by atoms with Gasteiger partial charge in [0.15, 0.2) is 0 Å². The topological polar surface area (TPSA) is 94.8 Å². The van der Waals surface area contributed by atoms with Gasteiger partial charge < -0.3 is 19.2 Å². The monoisotopic (exact) mass is 483 g/mol. The molecule has 2 aromatic rings. The van der Waals surface area contributed by atoms with Crippen LogP contribution in [0.3, 0.4) is 0 Å². The van der Waals surface area contributed by atoms with Gasteiger partial charge in [-0.15, -0.1) is 11.8 Å². The summed E-state index contributed by atoms with van der Waals surface area (Å²) in [5.74, 6) is 1.89. The van der Waals surface area contributed by atoms with Crippen molar-refractivity contribution in [3.05, 3.63) is 53.5 Å². The van der Waals surface area contributed by atoms with Crippen LogP contribution in [-0.2, 0) is 20.9 Å². The normalized spacial score (nSPS) is 26.8. The highest BCUT2D eigenvalue weighted by molar-refractivity contribution is 8.00. The lowest BCUT2D eigenvalue weighted by atomic mass is 9.53. The molecule has 0 unspecified atom stereocenters. The second-order valence-corrected chi connectivity index (χ2v) is 10.9. The van der Waals surface area contributed by atoms with Crippen LogP contribution in [0.5, 0.6) is 0 Å². The first kappa shape index (κ1) is 23.0. The van der Waals surface area contributed by atoms with Gasteiger partial charge in [0.05, 0.1) is 18.4 Å². The first-order chi connectivity index (χ1) is 16.4. The van der Waals surface area contributed by atoms with Gasteiger partial charge >= 0.3 is 11.9 Å². The summed E-state index contributed by atoms with van der Waals surface area (Å²) in [6.07, 6.45) is 7.35. The van der Waals surface area contributed by atoms with E-state index in [9.17, 15) is 14.4 Å². The summed E-state index contributed by atoms with van der Waals surface area (Å²) in [5, 5.41) is 3.38. The first-order valence-corrected chi connectivity index (χ1v) is 12.8. The number of esters is 2. The van der Waals surface area contributed by atoms with Crippen LogP contribution in [0.4, 0.5) is 0 Å². The molecule has 4 fully saturated rings. The van der Waals surface area contributed by atoms with Crippen LogP contribution in [0, 0.1) is 17.8 Å². The van der Waals surface area contributed by atoms with Crippen LogP contribution >= 0.6 is 11.8 Å². The lowest BCUT2D eigenvalue weighted by molar-refractivity contribution is -0.124. The molecule has 8 heteroatoms. The molecule has 180 valence electrons. The molecule has 0 radical (unpaired) electrons. The zero-order valence-electron chi connectivity index (χ0n) is 19.2. The molecule has 1 amide bonds. The highest BCUT2D eigenvalue weighted by atomic mass is 32.2. The molecule has 0 spiro atoms. The number of carbonyl (C=O) groups excluding carboxylic acids is 3. The minimum Gasteiger partial charge on any atom is -0.463 e. The van der Waals surface area contributed by atoms with Crippen molar-refractivity contribution < 1.29 is 28.3 Å². The molecule has 4 bridgehead atoms. The van der Waals surface area contributed by atoms with Crippen molar-refractivity contribution in [3.8, 4) is 0 Å². The number of furan rings is 1. The van der Waals surface area contributed by atoms with E-state index in [0.29, 0.717) is 16.2 Å². The molecular weight excluding hydrogens is 454 g/mol. The average Bonchev–Trinajstić information content (AvgIpc) is 3.29. The van der Waals surface area contributed by atoms with E-state index in [1.54, 1.807) is 18.2 Å². The van der Waals surface area contributed by atoms with Gasteiger partial charge in [0.2, 0.25) is 11.7 Å². The Balaban J connectivity index is 1.16. The second kappa shape index (κ2) is 9.49. The fraction of sp³-hybridized carbons (Fsp3) is 0.500. The second-order valence-electron chi connectivity index (χ2n) is 9.86. The van der Waals surface area contributed by atoms with Gasteiger partial charge in [0.25, 0.3) is 0 Å². The summed E-state index contributed by atoms with van der Waals surface area (Å²) in [5.41, 5.74) is 0.381. The number of thioether (sulfide) groups is 1. The average molecular weight is 484 g/mol. The van der Waals surface area contributed by atoms with Crippen molar-refractivity contribution in [1.82, 2.24) is 5.32 Å². The maximum absolute atomic E-state index is 12.9. The molecule has 0 saturated heterocycles. The number of amides is 1. The summed E-state index contributed by atoms with van der Waals surface area (Å²) >= 11 is 1.35. The van der Waals surface area contributed by atoms with Crippen molar-refractivity contribution in [3.63, 3.8) is 0 Å². The van der Waals surface area contributed by atoms with Gasteiger partial charge in [0.1, 0.15) is 12.4 Å². The summed E-state index contributed by atoms with van der Waals surface area (Å²) < 4.78 is 15.3. The third-order valence-electron chi connectivity index (χ3n) is 7.30. The number of benzene rings is 1. The highest BCUT2D eigenvalue weighted by Gasteiger charge is 2.51. The summed E-state index contributed by atoms with van der Waals surface area (Å²) in [6.45, 7) is -0.110. The molecule has 4 aliphatic rings. The largest absolute Gasteiger partial charge is 0.463 e. The Labute approximate surface area is 202 Å². The van der Waals surface area contributed by atoms with E-state index >= 15 is 0 Å². The Morgan fingerprint density at radius 2 is 1.68 bits per heavy atom. The van der Waals surface area contributed by atoms with Crippen LogP contribution in [0.2, 0.25) is 0 Å². The minimum atomic E-state index is -0.592. The van der Waals surface area contributed by atoms with Crippen molar-refractivity contribution in [1.29, 1.82) is 0 Å². The summed E-state index contributed by atoms with van der Waals surface area (Å²) in [4.78, 5) is 37.8. The zero-order valence-corrected chi connectivity index (χ0v) is 20.0. The maximum atomic E-state index is 12.9. The number of carbonyl (C=O) groups is 3. The molecule has 6 rings (SSSR count). The molecular formula is C26H29NO6S. The molecule has 1 aromatic heterocycles. The molecule has 1 aromatic carbocycles. The van der Waals surface area contributed by atoms with E-state index in [-0.39, 0.29) is 29.6 Å². The van der Waals surface area contributed by atoms with Crippen LogP contribution in [0.25, 0.3) is 0 Å². The van der Waals surface area contributed by atoms with Gasteiger partial charge in [-0.2, -0.15) is 0 Å². The van der Waals surface area contributed by atoms with Crippen molar-refractivity contribution in [2.75, 3.05) is 12.9 Å². The van der Waals surface area contributed by atoms with Crippen LogP contribution in [0.15, 0.2) is 45.7 Å². The van der Waals surface area contributed by atoms with Crippen molar-refractivity contribution >= 4 is 29.6 Å². The van der Waals surface area contributed by atoms with E-state index in [1.807, 2.05) is 12.1 Å². The number of hydrogen-bond donors (Lipinski definition) is 1. The molecule has 4 saturated carbocycles. The third kappa shape index (κ3) is 4.87. The van der Waals surface area contributed by atoms with Gasteiger partial charge in [-0.1, -0.05) is 12.1 Å². The summed E-state index contributed by atoms with van der Waals surface area (Å²) in [7, 11) is 1.27. The standard InChI is InChI=1S/C26H29NO6S/c1-31-25(30)21-7-6-19(33-21)14-32-24(29)20-4-2-3-5-22(20)34-15-23(28)27-26-11-16-8-17(12-26)10-18(9-16)13-26/h2-7,16-18H,8-15H2,1H3,(H,27,28). The fourth-order valence-electron chi connectivity index (χ4n) is 6.38. The lowest BCUT2D eigenvalue weighted by Gasteiger charge is -2.56. The smallest absolute Gasteiger partial charge is 0.373 e. The molecule has 4 aliphatic carbocycles. The number of hydrogen-bond acceptors (Lipinski definition) is 7. The first-order valence-electron chi connectivity index (χ1n) is 11.8. The van der Waals surface area contributed by atoms with E-state index < -0.39 is 11.9 Å². The Morgan fingerprint density at radius 3 is 2.35 bits per heavy atom. The Hall–Kier alpha value is -2.74. The number of methoxy groups -OCH3 is 1. The Kier molecular flexibility index (Phi) is 6.42. The van der Waals surface area contributed by atoms with E-state index in [1.165, 1.54) is 44.2 Å². The summed E-state index contributed by atoms with van der Waals surface area (Å²) in [6, 6.07) is 10.1. The highest BCUT2D eigenvalue weighted by Crippen LogP contribution is 2.55. The van der Waals surface area contributed by atoms with Gasteiger partial charge in [-0.25, -0.2) is 9.59 Å². The zero-order chi connectivity index (χ0) is 23.7. The molecule has 0 atom stereocenters. The molecule has 34 heavy (non-hydrogen) atoms. The fourth-order valence-corrected chi connectivity index (χ4v) is 7.22. The van der Waals surface area contributed by atoms with E-state index in [2.05, 4.69) is 10.1 Å². The molecule has 1 heterocycles.